The Morgan fingerprint density at radius 3 is 2.21 bits per heavy atom. The summed E-state index contributed by atoms with van der Waals surface area (Å²) in [6.45, 7) is 2.43. The standard InChI is InChI=1S/C20H20O7S/c1-15(21)26-19-9-8-18(14-20(19)27-16(2)22)11-13-28(23,24)25-12-10-17-6-4-3-5-7-17/h3-9,11,13-14H,10,12H2,1-2H3/b13-11+. The number of rotatable bonds is 8. The average molecular weight is 404 g/mol. The molecule has 0 fully saturated rings. The van der Waals surface area contributed by atoms with Crippen molar-refractivity contribution in [2.45, 2.75) is 20.3 Å². The van der Waals surface area contributed by atoms with Gasteiger partial charge in [0.05, 0.1) is 12.0 Å². The fourth-order valence-electron chi connectivity index (χ4n) is 2.22. The molecule has 0 unspecified atom stereocenters. The van der Waals surface area contributed by atoms with Gasteiger partial charge in [0.15, 0.2) is 11.5 Å². The van der Waals surface area contributed by atoms with E-state index in [4.69, 9.17) is 13.7 Å². The Morgan fingerprint density at radius 1 is 0.929 bits per heavy atom. The summed E-state index contributed by atoms with van der Waals surface area (Å²) >= 11 is 0. The summed E-state index contributed by atoms with van der Waals surface area (Å²) in [4.78, 5) is 22.3. The van der Waals surface area contributed by atoms with Gasteiger partial charge in [-0.2, -0.15) is 8.42 Å². The fourth-order valence-corrected chi connectivity index (χ4v) is 2.94. The van der Waals surface area contributed by atoms with Crippen LogP contribution in [-0.4, -0.2) is 27.0 Å². The minimum Gasteiger partial charge on any atom is -0.423 e. The molecule has 0 N–H and O–H groups in total. The maximum absolute atomic E-state index is 12.0. The number of benzene rings is 2. The lowest BCUT2D eigenvalue weighted by atomic mass is 10.2. The van der Waals surface area contributed by atoms with E-state index in [9.17, 15) is 18.0 Å². The van der Waals surface area contributed by atoms with Crippen molar-refractivity contribution in [3.8, 4) is 11.5 Å². The van der Waals surface area contributed by atoms with Crippen LogP contribution in [0.15, 0.2) is 53.9 Å². The summed E-state index contributed by atoms with van der Waals surface area (Å²) in [6.07, 6.45) is 1.75. The molecule has 0 amide bonds. The van der Waals surface area contributed by atoms with Gasteiger partial charge in [0, 0.05) is 13.8 Å². The van der Waals surface area contributed by atoms with Crippen LogP contribution in [0.1, 0.15) is 25.0 Å². The molecular weight excluding hydrogens is 384 g/mol. The van der Waals surface area contributed by atoms with Crippen LogP contribution in [-0.2, 0) is 30.3 Å². The Kier molecular flexibility index (Phi) is 7.48. The van der Waals surface area contributed by atoms with Crippen molar-refractivity contribution in [3.63, 3.8) is 0 Å². The topological polar surface area (TPSA) is 96.0 Å². The zero-order valence-electron chi connectivity index (χ0n) is 15.5. The third-order valence-electron chi connectivity index (χ3n) is 3.38. The number of esters is 2. The van der Waals surface area contributed by atoms with Crippen LogP contribution in [0, 0.1) is 0 Å². The maximum Gasteiger partial charge on any atom is 0.308 e. The SMILES string of the molecule is CC(=O)Oc1ccc(/C=C/S(=O)(=O)OCCc2ccccc2)cc1OC(C)=O. The van der Waals surface area contributed by atoms with Crippen molar-refractivity contribution in [1.82, 2.24) is 0 Å². The fraction of sp³-hybridized carbons (Fsp3) is 0.200. The van der Waals surface area contributed by atoms with E-state index in [1.807, 2.05) is 30.3 Å². The first-order valence-electron chi connectivity index (χ1n) is 8.37. The predicted molar refractivity (Wildman–Crippen MR) is 103 cm³/mol. The molecule has 0 aliphatic heterocycles. The lowest BCUT2D eigenvalue weighted by molar-refractivity contribution is -0.134. The molecule has 7 nitrogen and oxygen atoms in total. The Hall–Kier alpha value is -2.97. The predicted octanol–water partition coefficient (Wildman–Crippen LogP) is 3.10. The van der Waals surface area contributed by atoms with Gasteiger partial charge in [0.25, 0.3) is 10.1 Å². The van der Waals surface area contributed by atoms with E-state index in [-0.39, 0.29) is 18.1 Å². The second kappa shape index (κ2) is 9.82. The van der Waals surface area contributed by atoms with Gasteiger partial charge in [0.2, 0.25) is 0 Å². The number of carbonyl (C=O) groups is 2. The van der Waals surface area contributed by atoms with E-state index in [1.165, 1.54) is 38.1 Å². The monoisotopic (exact) mass is 404 g/mol. The molecule has 0 heterocycles. The minimum absolute atomic E-state index is 0.00671. The molecule has 2 aromatic rings. The van der Waals surface area contributed by atoms with Crippen LogP contribution in [0.5, 0.6) is 11.5 Å². The lowest BCUT2D eigenvalue weighted by Crippen LogP contribution is -2.07. The summed E-state index contributed by atoms with van der Waals surface area (Å²) < 4.78 is 38.9. The number of carbonyl (C=O) groups excluding carboxylic acids is 2. The normalized spacial score (nSPS) is 11.4. The molecule has 8 heteroatoms. The first-order chi connectivity index (χ1) is 13.2. The molecule has 0 spiro atoms. The van der Waals surface area contributed by atoms with Crippen LogP contribution in [0.3, 0.4) is 0 Å². The lowest BCUT2D eigenvalue weighted by Gasteiger charge is -2.09. The Morgan fingerprint density at radius 2 is 1.57 bits per heavy atom. The third-order valence-corrected chi connectivity index (χ3v) is 4.35. The Balaban J connectivity index is 2.06. The molecule has 0 atom stereocenters. The van der Waals surface area contributed by atoms with Gasteiger partial charge in [-0.05, 0) is 35.8 Å². The van der Waals surface area contributed by atoms with Gasteiger partial charge < -0.3 is 9.47 Å². The molecule has 0 aliphatic rings. The number of hydrogen-bond acceptors (Lipinski definition) is 7. The van der Waals surface area contributed by atoms with Crippen LogP contribution in [0.25, 0.3) is 6.08 Å². The van der Waals surface area contributed by atoms with Crippen LogP contribution in [0.2, 0.25) is 0 Å². The summed E-state index contributed by atoms with van der Waals surface area (Å²) in [5.41, 5.74) is 1.39. The molecule has 0 saturated carbocycles. The largest absolute Gasteiger partial charge is 0.423 e. The Bertz CT molecular complexity index is 963. The van der Waals surface area contributed by atoms with Gasteiger partial charge in [-0.25, -0.2) is 0 Å². The van der Waals surface area contributed by atoms with E-state index in [2.05, 4.69) is 0 Å². The second-order valence-electron chi connectivity index (χ2n) is 5.75. The van der Waals surface area contributed by atoms with Crippen molar-refractivity contribution >= 4 is 28.1 Å². The van der Waals surface area contributed by atoms with Crippen molar-refractivity contribution in [2.75, 3.05) is 6.61 Å². The van der Waals surface area contributed by atoms with E-state index >= 15 is 0 Å². The van der Waals surface area contributed by atoms with Crippen molar-refractivity contribution < 1.29 is 31.7 Å². The molecule has 0 bridgehead atoms. The van der Waals surface area contributed by atoms with Crippen LogP contribution < -0.4 is 9.47 Å². The minimum atomic E-state index is -3.89. The van der Waals surface area contributed by atoms with E-state index in [1.54, 1.807) is 0 Å². The highest BCUT2D eigenvalue weighted by molar-refractivity contribution is 7.89. The van der Waals surface area contributed by atoms with Crippen molar-refractivity contribution in [2.24, 2.45) is 0 Å². The van der Waals surface area contributed by atoms with Crippen molar-refractivity contribution in [1.29, 1.82) is 0 Å². The first-order valence-corrected chi connectivity index (χ1v) is 9.84. The highest BCUT2D eigenvalue weighted by Crippen LogP contribution is 2.29. The van der Waals surface area contributed by atoms with Crippen molar-refractivity contribution in [3.05, 3.63) is 65.1 Å². The first kappa shape index (κ1) is 21.3. The van der Waals surface area contributed by atoms with E-state index in [0.29, 0.717) is 12.0 Å². The zero-order chi connectivity index (χ0) is 20.6. The van der Waals surface area contributed by atoms with Gasteiger partial charge >= 0.3 is 11.9 Å². The van der Waals surface area contributed by atoms with Gasteiger partial charge in [-0.3, -0.25) is 13.8 Å². The molecule has 0 radical (unpaired) electrons. The summed E-state index contributed by atoms with van der Waals surface area (Å²) in [5.74, 6) is -1.12. The van der Waals surface area contributed by atoms with E-state index < -0.39 is 22.1 Å². The van der Waals surface area contributed by atoms with Crippen LogP contribution >= 0.6 is 0 Å². The van der Waals surface area contributed by atoms with Gasteiger partial charge in [-0.15, -0.1) is 0 Å². The van der Waals surface area contributed by atoms with Gasteiger partial charge in [0.1, 0.15) is 0 Å². The molecule has 148 valence electrons. The number of ether oxygens (including phenoxy) is 2. The summed E-state index contributed by atoms with van der Waals surface area (Å²) in [6, 6.07) is 13.7. The summed E-state index contributed by atoms with van der Waals surface area (Å²) in [7, 11) is -3.89. The molecule has 2 aromatic carbocycles. The van der Waals surface area contributed by atoms with Crippen LogP contribution in [0.4, 0.5) is 0 Å². The maximum atomic E-state index is 12.0. The highest BCUT2D eigenvalue weighted by atomic mass is 32.2. The average Bonchev–Trinajstić information content (AvgIpc) is 2.62. The molecule has 0 saturated heterocycles. The van der Waals surface area contributed by atoms with Gasteiger partial charge in [-0.1, -0.05) is 36.4 Å². The molecule has 28 heavy (non-hydrogen) atoms. The number of hydrogen-bond donors (Lipinski definition) is 0. The third kappa shape index (κ3) is 7.34. The second-order valence-corrected chi connectivity index (χ2v) is 7.24. The smallest absolute Gasteiger partial charge is 0.308 e. The Labute approximate surface area is 163 Å². The molecule has 0 aromatic heterocycles. The molecule has 2 rings (SSSR count). The molecule has 0 aliphatic carbocycles. The van der Waals surface area contributed by atoms with E-state index in [0.717, 1.165) is 11.0 Å². The highest BCUT2D eigenvalue weighted by Gasteiger charge is 2.11. The summed E-state index contributed by atoms with van der Waals surface area (Å²) in [5, 5.41) is 0.913. The zero-order valence-corrected chi connectivity index (χ0v) is 16.3. The quantitative estimate of drug-likeness (QED) is 0.379. The molecular formula is C20H20O7S.